The van der Waals surface area contributed by atoms with E-state index in [1.807, 2.05) is 24.4 Å². The molecular weight excluding hydrogens is 276 g/mol. The van der Waals surface area contributed by atoms with Gasteiger partial charge in [0.15, 0.2) is 0 Å². The lowest BCUT2D eigenvalue weighted by Crippen LogP contribution is -2.27. The molecule has 0 spiro atoms. The predicted molar refractivity (Wildman–Crippen MR) is 83.6 cm³/mol. The second-order valence-electron chi connectivity index (χ2n) is 4.41. The van der Waals surface area contributed by atoms with Crippen LogP contribution in [-0.2, 0) is 4.74 Å². The second-order valence-corrected chi connectivity index (χ2v) is 4.41. The van der Waals surface area contributed by atoms with E-state index in [9.17, 15) is 4.79 Å². The van der Waals surface area contributed by atoms with Crippen molar-refractivity contribution in [1.82, 2.24) is 9.88 Å². The quantitative estimate of drug-likeness (QED) is 0.833. The molecular formula is C15H21ClN2O2. The van der Waals surface area contributed by atoms with Gasteiger partial charge in [0, 0.05) is 23.6 Å². The fraction of sp³-hybridized carbons (Fsp3) is 0.400. The predicted octanol–water partition coefficient (Wildman–Crippen LogP) is 3.09. The maximum Gasteiger partial charge on any atom is 0.338 e. The lowest BCUT2D eigenvalue weighted by Gasteiger charge is -2.17. The van der Waals surface area contributed by atoms with E-state index in [2.05, 4.69) is 23.7 Å². The molecule has 0 saturated carbocycles. The average Bonchev–Trinajstić information content (AvgIpc) is 2.91. The van der Waals surface area contributed by atoms with Crippen molar-refractivity contribution in [1.29, 1.82) is 0 Å². The summed E-state index contributed by atoms with van der Waals surface area (Å²) < 4.78 is 5.35. The van der Waals surface area contributed by atoms with Crippen LogP contribution in [0.4, 0.5) is 0 Å². The minimum atomic E-state index is -0.252. The van der Waals surface area contributed by atoms with Gasteiger partial charge in [0.2, 0.25) is 0 Å². The fourth-order valence-corrected chi connectivity index (χ4v) is 2.15. The smallest absolute Gasteiger partial charge is 0.338 e. The van der Waals surface area contributed by atoms with Crippen LogP contribution < -0.4 is 0 Å². The van der Waals surface area contributed by atoms with E-state index < -0.39 is 0 Å². The van der Waals surface area contributed by atoms with Gasteiger partial charge in [0.05, 0.1) is 5.56 Å². The molecule has 0 unspecified atom stereocenters. The average molecular weight is 297 g/mol. The van der Waals surface area contributed by atoms with Gasteiger partial charge in [0.25, 0.3) is 0 Å². The molecule has 2 rings (SSSR count). The van der Waals surface area contributed by atoms with Crippen molar-refractivity contribution in [3.05, 3.63) is 36.0 Å². The van der Waals surface area contributed by atoms with Crippen LogP contribution >= 0.6 is 12.4 Å². The Labute approximate surface area is 125 Å². The molecule has 0 fully saturated rings. The first kappa shape index (κ1) is 16.5. The van der Waals surface area contributed by atoms with Gasteiger partial charge in [-0.15, -0.1) is 12.4 Å². The number of halogens is 1. The highest BCUT2D eigenvalue weighted by molar-refractivity contribution is 6.03. The van der Waals surface area contributed by atoms with Gasteiger partial charge in [-0.1, -0.05) is 19.9 Å². The number of hydrogen-bond acceptors (Lipinski definition) is 3. The van der Waals surface area contributed by atoms with E-state index in [4.69, 9.17) is 4.74 Å². The van der Waals surface area contributed by atoms with Crippen LogP contribution in [0.15, 0.2) is 30.5 Å². The second kappa shape index (κ2) is 7.92. The van der Waals surface area contributed by atoms with Crippen molar-refractivity contribution in [2.24, 2.45) is 0 Å². The van der Waals surface area contributed by atoms with Gasteiger partial charge in [-0.05, 0) is 31.3 Å². The number of fused-ring (bicyclic) bond motifs is 1. The van der Waals surface area contributed by atoms with Gasteiger partial charge < -0.3 is 14.6 Å². The highest BCUT2D eigenvalue weighted by Crippen LogP contribution is 2.18. The van der Waals surface area contributed by atoms with Crippen molar-refractivity contribution in [2.75, 3.05) is 26.2 Å². The van der Waals surface area contributed by atoms with Crippen LogP contribution in [0.25, 0.3) is 10.9 Å². The number of esters is 1. The van der Waals surface area contributed by atoms with Crippen molar-refractivity contribution < 1.29 is 9.53 Å². The Balaban J connectivity index is 0.00000200. The zero-order valence-corrected chi connectivity index (χ0v) is 12.7. The molecule has 0 amide bonds. The summed E-state index contributed by atoms with van der Waals surface area (Å²) in [6, 6.07) is 7.51. The Hall–Kier alpha value is -1.52. The normalized spacial score (nSPS) is 10.6. The summed E-state index contributed by atoms with van der Waals surface area (Å²) >= 11 is 0. The Morgan fingerprint density at radius 2 is 2.00 bits per heavy atom. The van der Waals surface area contributed by atoms with Crippen molar-refractivity contribution in [2.45, 2.75) is 13.8 Å². The molecule has 2 aromatic rings. The number of nitrogens with zero attached hydrogens (tertiary/aromatic N) is 1. The topological polar surface area (TPSA) is 45.3 Å². The standard InChI is InChI=1S/C15H20N2O2.ClH/c1-3-17(4-2)10-11-19-15(18)13-6-5-7-14-12(13)8-9-16-14;/h5-9,16H,3-4,10-11H2,1-2H3;1H. The summed E-state index contributed by atoms with van der Waals surface area (Å²) in [5.74, 6) is -0.252. The van der Waals surface area contributed by atoms with Crippen LogP contribution in [0.5, 0.6) is 0 Å². The summed E-state index contributed by atoms with van der Waals surface area (Å²) in [6.45, 7) is 7.36. The molecule has 1 N–H and O–H groups in total. The first-order valence-corrected chi connectivity index (χ1v) is 6.71. The Morgan fingerprint density at radius 3 is 2.70 bits per heavy atom. The van der Waals surface area contributed by atoms with Crippen molar-refractivity contribution in [3.8, 4) is 0 Å². The summed E-state index contributed by atoms with van der Waals surface area (Å²) in [6.07, 6.45) is 1.83. The van der Waals surface area contributed by atoms with E-state index in [-0.39, 0.29) is 18.4 Å². The van der Waals surface area contributed by atoms with E-state index in [1.54, 1.807) is 6.07 Å². The van der Waals surface area contributed by atoms with E-state index >= 15 is 0 Å². The van der Waals surface area contributed by atoms with E-state index in [0.29, 0.717) is 12.2 Å². The summed E-state index contributed by atoms with van der Waals surface area (Å²) in [5.41, 5.74) is 1.58. The molecule has 0 aliphatic carbocycles. The maximum absolute atomic E-state index is 12.1. The monoisotopic (exact) mass is 296 g/mol. The number of benzene rings is 1. The van der Waals surface area contributed by atoms with Crippen molar-refractivity contribution in [3.63, 3.8) is 0 Å². The number of carbonyl (C=O) groups excluding carboxylic acids is 1. The molecule has 1 aromatic carbocycles. The van der Waals surface area contributed by atoms with E-state index in [1.165, 1.54) is 0 Å². The lowest BCUT2D eigenvalue weighted by molar-refractivity contribution is 0.0469. The first-order valence-electron chi connectivity index (χ1n) is 6.71. The molecule has 1 aromatic heterocycles. The van der Waals surface area contributed by atoms with Gasteiger partial charge in [-0.3, -0.25) is 0 Å². The largest absolute Gasteiger partial charge is 0.461 e. The number of aromatic nitrogens is 1. The molecule has 0 radical (unpaired) electrons. The number of aromatic amines is 1. The molecule has 0 saturated heterocycles. The molecule has 110 valence electrons. The molecule has 0 aliphatic heterocycles. The molecule has 1 heterocycles. The number of ether oxygens (including phenoxy) is 1. The molecule has 0 bridgehead atoms. The minimum absolute atomic E-state index is 0. The minimum Gasteiger partial charge on any atom is -0.461 e. The number of hydrogen-bond donors (Lipinski definition) is 1. The number of rotatable bonds is 6. The number of carbonyl (C=O) groups is 1. The number of likely N-dealkylation sites (N-methyl/N-ethyl adjacent to an activating group) is 1. The summed E-state index contributed by atoms with van der Waals surface area (Å²) in [4.78, 5) is 17.4. The van der Waals surface area contributed by atoms with Gasteiger partial charge in [-0.25, -0.2) is 4.79 Å². The first-order chi connectivity index (χ1) is 9.26. The Morgan fingerprint density at radius 1 is 1.25 bits per heavy atom. The van der Waals surface area contributed by atoms with Crippen LogP contribution in [-0.4, -0.2) is 42.1 Å². The fourth-order valence-electron chi connectivity index (χ4n) is 2.15. The lowest BCUT2D eigenvalue weighted by atomic mass is 10.1. The van der Waals surface area contributed by atoms with Crippen LogP contribution in [0.3, 0.4) is 0 Å². The Kier molecular flexibility index (Phi) is 6.55. The van der Waals surface area contributed by atoms with Crippen molar-refractivity contribution >= 4 is 29.3 Å². The molecule has 0 aliphatic rings. The highest BCUT2D eigenvalue weighted by atomic mass is 35.5. The third-order valence-electron chi connectivity index (χ3n) is 3.35. The van der Waals surface area contributed by atoms with Gasteiger partial charge >= 0.3 is 5.97 Å². The number of H-pyrrole nitrogens is 1. The van der Waals surface area contributed by atoms with Gasteiger partial charge in [0.1, 0.15) is 6.61 Å². The zero-order chi connectivity index (χ0) is 13.7. The Bertz CT molecular complexity index is 550. The molecule has 4 nitrogen and oxygen atoms in total. The molecule has 0 atom stereocenters. The SMILES string of the molecule is CCN(CC)CCOC(=O)c1cccc2[nH]ccc12.Cl. The zero-order valence-electron chi connectivity index (χ0n) is 11.9. The third-order valence-corrected chi connectivity index (χ3v) is 3.35. The number of nitrogens with one attached hydrogen (secondary N) is 1. The summed E-state index contributed by atoms with van der Waals surface area (Å²) in [7, 11) is 0. The van der Waals surface area contributed by atoms with Crippen LogP contribution in [0, 0.1) is 0 Å². The highest BCUT2D eigenvalue weighted by Gasteiger charge is 2.12. The van der Waals surface area contributed by atoms with Crippen LogP contribution in [0.2, 0.25) is 0 Å². The molecule has 20 heavy (non-hydrogen) atoms. The summed E-state index contributed by atoms with van der Waals surface area (Å²) in [5, 5.41) is 0.912. The van der Waals surface area contributed by atoms with Crippen LogP contribution in [0.1, 0.15) is 24.2 Å². The van der Waals surface area contributed by atoms with Gasteiger partial charge in [-0.2, -0.15) is 0 Å². The van der Waals surface area contributed by atoms with E-state index in [0.717, 1.165) is 30.5 Å². The third kappa shape index (κ3) is 3.74. The molecule has 5 heteroatoms. The maximum atomic E-state index is 12.1.